The molecule has 1 atom stereocenters. The van der Waals surface area contributed by atoms with Crippen molar-refractivity contribution in [2.75, 3.05) is 11.9 Å². The van der Waals surface area contributed by atoms with E-state index < -0.39 is 17.5 Å². The fourth-order valence-electron chi connectivity index (χ4n) is 1.12. The number of oxime groups is 1. The van der Waals surface area contributed by atoms with Crippen molar-refractivity contribution in [1.82, 2.24) is 0 Å². The van der Waals surface area contributed by atoms with Gasteiger partial charge in [0.15, 0.2) is 11.6 Å². The second kappa shape index (κ2) is 5.42. The normalized spacial score (nSPS) is 13.5. The number of anilines is 1. The predicted octanol–water partition coefficient (Wildman–Crippen LogP) is 1.90. The lowest BCUT2D eigenvalue weighted by atomic mass is 10.1. The zero-order valence-electron chi connectivity index (χ0n) is 9.04. The summed E-state index contributed by atoms with van der Waals surface area (Å²) in [4.78, 5) is 0. The monoisotopic (exact) mass is 247 g/mol. The van der Waals surface area contributed by atoms with Crippen molar-refractivity contribution >= 4 is 11.5 Å². The number of halogens is 3. The van der Waals surface area contributed by atoms with E-state index in [4.69, 9.17) is 10.9 Å². The van der Waals surface area contributed by atoms with Crippen LogP contribution in [0.3, 0.4) is 0 Å². The molecule has 94 valence electrons. The standard InChI is InChI=1S/C10H12F3N3O/c1-5(10(14)16-17)4-15-9-3-7(12)6(11)2-8(9)13/h2-3,5,15,17H,4H2,1H3,(H2,14,16). The Morgan fingerprint density at radius 3 is 2.53 bits per heavy atom. The van der Waals surface area contributed by atoms with Crippen LogP contribution in [-0.2, 0) is 0 Å². The minimum atomic E-state index is -1.25. The highest BCUT2D eigenvalue weighted by Gasteiger charge is 2.12. The first kappa shape index (κ1) is 13.1. The Labute approximate surface area is 95.9 Å². The van der Waals surface area contributed by atoms with Gasteiger partial charge in [-0.15, -0.1) is 0 Å². The topological polar surface area (TPSA) is 70.6 Å². The molecule has 0 heterocycles. The quantitative estimate of drug-likeness (QED) is 0.250. The molecule has 1 aromatic carbocycles. The average Bonchev–Trinajstić information content (AvgIpc) is 2.30. The molecule has 0 amide bonds. The van der Waals surface area contributed by atoms with Gasteiger partial charge in [-0.25, -0.2) is 13.2 Å². The number of nitrogens with zero attached hydrogens (tertiary/aromatic N) is 1. The number of hydrogen-bond acceptors (Lipinski definition) is 3. The van der Waals surface area contributed by atoms with E-state index in [9.17, 15) is 13.2 Å². The smallest absolute Gasteiger partial charge is 0.161 e. The molecule has 17 heavy (non-hydrogen) atoms. The van der Waals surface area contributed by atoms with Crippen LogP contribution in [0.15, 0.2) is 17.3 Å². The molecule has 1 unspecified atom stereocenters. The maximum Gasteiger partial charge on any atom is 0.161 e. The number of nitrogens with one attached hydrogen (secondary N) is 1. The molecule has 0 aliphatic carbocycles. The maximum absolute atomic E-state index is 13.2. The second-order valence-electron chi connectivity index (χ2n) is 3.55. The molecule has 0 radical (unpaired) electrons. The summed E-state index contributed by atoms with van der Waals surface area (Å²) < 4.78 is 38.6. The molecule has 1 aromatic rings. The fraction of sp³-hybridized carbons (Fsp3) is 0.300. The number of hydrogen-bond donors (Lipinski definition) is 3. The van der Waals surface area contributed by atoms with Crippen molar-refractivity contribution in [3.63, 3.8) is 0 Å². The Hall–Kier alpha value is -1.92. The van der Waals surface area contributed by atoms with E-state index in [1.165, 1.54) is 0 Å². The van der Waals surface area contributed by atoms with E-state index in [1.807, 2.05) is 0 Å². The third-order valence-corrected chi connectivity index (χ3v) is 2.23. The van der Waals surface area contributed by atoms with Crippen LogP contribution in [0.2, 0.25) is 0 Å². The molecule has 0 saturated carbocycles. The average molecular weight is 247 g/mol. The van der Waals surface area contributed by atoms with Gasteiger partial charge in [-0.05, 0) is 0 Å². The van der Waals surface area contributed by atoms with E-state index >= 15 is 0 Å². The fourth-order valence-corrected chi connectivity index (χ4v) is 1.12. The summed E-state index contributed by atoms with van der Waals surface area (Å²) in [7, 11) is 0. The largest absolute Gasteiger partial charge is 0.409 e. The number of benzene rings is 1. The number of amidine groups is 1. The maximum atomic E-state index is 13.2. The predicted molar refractivity (Wildman–Crippen MR) is 57.4 cm³/mol. The molecule has 4 N–H and O–H groups in total. The third-order valence-electron chi connectivity index (χ3n) is 2.23. The minimum Gasteiger partial charge on any atom is -0.409 e. The van der Waals surface area contributed by atoms with Crippen LogP contribution in [0.4, 0.5) is 18.9 Å². The Morgan fingerprint density at radius 1 is 1.35 bits per heavy atom. The molecule has 4 nitrogen and oxygen atoms in total. The Kier molecular flexibility index (Phi) is 4.19. The van der Waals surface area contributed by atoms with Crippen molar-refractivity contribution in [1.29, 1.82) is 0 Å². The van der Waals surface area contributed by atoms with Crippen LogP contribution in [0, 0.1) is 23.4 Å². The molecular formula is C10H12F3N3O. The second-order valence-corrected chi connectivity index (χ2v) is 3.55. The van der Waals surface area contributed by atoms with Gasteiger partial charge in [0.2, 0.25) is 0 Å². The van der Waals surface area contributed by atoms with E-state index in [1.54, 1.807) is 6.92 Å². The zero-order chi connectivity index (χ0) is 13.0. The lowest BCUT2D eigenvalue weighted by molar-refractivity contribution is 0.315. The molecule has 0 aromatic heterocycles. The SMILES string of the molecule is CC(CNc1cc(F)c(F)cc1F)C(N)=NO. The molecule has 1 rings (SSSR count). The Bertz CT molecular complexity index is 437. The van der Waals surface area contributed by atoms with Crippen molar-refractivity contribution in [2.24, 2.45) is 16.8 Å². The lowest BCUT2D eigenvalue weighted by Gasteiger charge is -2.12. The summed E-state index contributed by atoms with van der Waals surface area (Å²) in [5, 5.41) is 13.7. The van der Waals surface area contributed by atoms with E-state index in [0.29, 0.717) is 12.1 Å². The number of nitrogens with two attached hydrogens (primary N) is 1. The third kappa shape index (κ3) is 3.27. The van der Waals surface area contributed by atoms with Gasteiger partial charge >= 0.3 is 0 Å². The van der Waals surface area contributed by atoms with Crippen molar-refractivity contribution in [3.8, 4) is 0 Å². The van der Waals surface area contributed by atoms with Gasteiger partial charge in [0.25, 0.3) is 0 Å². The summed E-state index contributed by atoms with van der Waals surface area (Å²) in [6.45, 7) is 1.75. The van der Waals surface area contributed by atoms with Crippen molar-refractivity contribution in [2.45, 2.75) is 6.92 Å². The van der Waals surface area contributed by atoms with E-state index in [2.05, 4.69) is 10.5 Å². The van der Waals surface area contributed by atoms with Gasteiger partial charge in [0.05, 0.1) is 5.69 Å². The molecule has 0 aliphatic heterocycles. The van der Waals surface area contributed by atoms with Gasteiger partial charge < -0.3 is 16.3 Å². The van der Waals surface area contributed by atoms with Crippen LogP contribution in [0.25, 0.3) is 0 Å². The van der Waals surface area contributed by atoms with Crippen molar-refractivity contribution in [3.05, 3.63) is 29.6 Å². The van der Waals surface area contributed by atoms with E-state index in [0.717, 1.165) is 0 Å². The summed E-state index contributed by atoms with van der Waals surface area (Å²) in [6.07, 6.45) is 0. The molecule has 7 heteroatoms. The van der Waals surface area contributed by atoms with Gasteiger partial charge in [0.1, 0.15) is 11.7 Å². The van der Waals surface area contributed by atoms with Crippen LogP contribution >= 0.6 is 0 Å². The van der Waals surface area contributed by atoms with Crippen molar-refractivity contribution < 1.29 is 18.4 Å². The van der Waals surface area contributed by atoms with Gasteiger partial charge in [-0.2, -0.15) is 0 Å². The molecule has 0 aliphatic rings. The summed E-state index contributed by atoms with van der Waals surface area (Å²) in [5.74, 6) is -3.73. The first-order chi connectivity index (χ1) is 7.95. The van der Waals surface area contributed by atoms with Gasteiger partial charge in [-0.3, -0.25) is 0 Å². The summed E-state index contributed by atoms with van der Waals surface area (Å²) in [6, 6.07) is 1.16. The van der Waals surface area contributed by atoms with Crippen LogP contribution in [0.5, 0.6) is 0 Å². The van der Waals surface area contributed by atoms with Crippen LogP contribution < -0.4 is 11.1 Å². The van der Waals surface area contributed by atoms with Crippen LogP contribution in [-0.4, -0.2) is 17.6 Å². The highest BCUT2D eigenvalue weighted by atomic mass is 19.2. The van der Waals surface area contributed by atoms with Gasteiger partial charge in [-0.1, -0.05) is 12.1 Å². The molecular weight excluding hydrogens is 235 g/mol. The molecule has 0 saturated heterocycles. The van der Waals surface area contributed by atoms with Crippen LogP contribution in [0.1, 0.15) is 6.92 Å². The number of rotatable bonds is 4. The molecule has 0 spiro atoms. The van der Waals surface area contributed by atoms with Gasteiger partial charge in [0, 0.05) is 24.6 Å². The Morgan fingerprint density at radius 2 is 1.94 bits per heavy atom. The first-order valence-electron chi connectivity index (χ1n) is 4.81. The minimum absolute atomic E-state index is 0.0412. The summed E-state index contributed by atoms with van der Waals surface area (Å²) >= 11 is 0. The highest BCUT2D eigenvalue weighted by molar-refractivity contribution is 5.82. The highest BCUT2D eigenvalue weighted by Crippen LogP contribution is 2.18. The first-order valence-corrected chi connectivity index (χ1v) is 4.81. The molecule has 0 bridgehead atoms. The van der Waals surface area contributed by atoms with E-state index in [-0.39, 0.29) is 24.0 Å². The molecule has 0 fully saturated rings. The lowest BCUT2D eigenvalue weighted by Crippen LogP contribution is -2.27. The Balaban J connectivity index is 2.73. The zero-order valence-corrected chi connectivity index (χ0v) is 9.04. The summed E-state index contributed by atoms with van der Waals surface area (Å²) in [5.41, 5.74) is 5.13.